The molecule has 15 heavy (non-hydrogen) atoms. The summed E-state index contributed by atoms with van der Waals surface area (Å²) in [6, 6.07) is 3.29. The lowest BCUT2D eigenvalue weighted by atomic mass is 10.0. The van der Waals surface area contributed by atoms with Gasteiger partial charge in [0.25, 0.3) is 0 Å². The van der Waals surface area contributed by atoms with Gasteiger partial charge in [-0.15, -0.1) is 0 Å². The number of benzene rings is 1. The van der Waals surface area contributed by atoms with Gasteiger partial charge in [-0.3, -0.25) is 0 Å². The summed E-state index contributed by atoms with van der Waals surface area (Å²) < 4.78 is 26.1. The van der Waals surface area contributed by atoms with Gasteiger partial charge in [0.1, 0.15) is 11.6 Å². The van der Waals surface area contributed by atoms with Crippen molar-refractivity contribution in [1.82, 2.24) is 4.90 Å². The molecule has 4 heteroatoms. The van der Waals surface area contributed by atoms with Crippen molar-refractivity contribution in [2.24, 2.45) is 0 Å². The van der Waals surface area contributed by atoms with Crippen LogP contribution in [0, 0.1) is 11.6 Å². The zero-order valence-corrected chi connectivity index (χ0v) is 8.87. The topological polar surface area (TPSA) is 23.5 Å². The first-order valence-electron chi connectivity index (χ1n) is 4.78. The van der Waals surface area contributed by atoms with Crippen molar-refractivity contribution in [1.29, 1.82) is 0 Å². The SMILES string of the molecule is CN(C)C(CCO)c1ccc(F)cc1F. The largest absolute Gasteiger partial charge is 0.396 e. The Kier molecular flexibility index (Phi) is 4.17. The van der Waals surface area contributed by atoms with Crippen molar-refractivity contribution in [3.63, 3.8) is 0 Å². The normalized spacial score (nSPS) is 13.2. The zero-order chi connectivity index (χ0) is 11.4. The minimum atomic E-state index is -0.585. The molecule has 0 saturated carbocycles. The smallest absolute Gasteiger partial charge is 0.130 e. The van der Waals surface area contributed by atoms with Gasteiger partial charge in [-0.2, -0.15) is 0 Å². The molecule has 0 saturated heterocycles. The van der Waals surface area contributed by atoms with Crippen molar-refractivity contribution in [2.45, 2.75) is 12.5 Å². The molecule has 84 valence electrons. The predicted octanol–water partition coefficient (Wildman–Crippen LogP) is 1.95. The van der Waals surface area contributed by atoms with Crippen LogP contribution in [0.25, 0.3) is 0 Å². The summed E-state index contributed by atoms with van der Waals surface area (Å²) in [7, 11) is 3.59. The highest BCUT2D eigenvalue weighted by Crippen LogP contribution is 2.24. The maximum Gasteiger partial charge on any atom is 0.130 e. The third kappa shape index (κ3) is 2.97. The quantitative estimate of drug-likeness (QED) is 0.829. The second kappa shape index (κ2) is 5.19. The van der Waals surface area contributed by atoms with E-state index in [0.717, 1.165) is 6.07 Å². The average molecular weight is 215 g/mol. The summed E-state index contributed by atoms with van der Waals surface area (Å²) in [6.07, 6.45) is 0.426. The standard InChI is InChI=1S/C11H15F2NO/c1-14(2)11(5-6-15)9-4-3-8(12)7-10(9)13/h3-4,7,11,15H,5-6H2,1-2H3. The van der Waals surface area contributed by atoms with Gasteiger partial charge in [0.15, 0.2) is 0 Å². The highest BCUT2D eigenvalue weighted by atomic mass is 19.1. The number of hydrogen-bond donors (Lipinski definition) is 1. The molecule has 0 spiro atoms. The Labute approximate surface area is 88.1 Å². The first-order chi connectivity index (χ1) is 7.06. The van der Waals surface area contributed by atoms with Crippen LogP contribution in [0.3, 0.4) is 0 Å². The molecule has 0 fully saturated rings. The molecule has 1 unspecified atom stereocenters. The lowest BCUT2D eigenvalue weighted by molar-refractivity contribution is 0.207. The van der Waals surface area contributed by atoms with Gasteiger partial charge in [0, 0.05) is 24.3 Å². The number of aliphatic hydroxyl groups excluding tert-OH is 1. The molecule has 0 heterocycles. The second-order valence-electron chi connectivity index (χ2n) is 3.66. The Morgan fingerprint density at radius 1 is 1.33 bits per heavy atom. The molecule has 0 aromatic heterocycles. The first-order valence-corrected chi connectivity index (χ1v) is 4.78. The maximum atomic E-state index is 13.4. The van der Waals surface area contributed by atoms with Crippen LogP contribution in [0.2, 0.25) is 0 Å². The monoisotopic (exact) mass is 215 g/mol. The number of hydrogen-bond acceptors (Lipinski definition) is 2. The van der Waals surface area contributed by atoms with Gasteiger partial charge >= 0.3 is 0 Å². The lowest BCUT2D eigenvalue weighted by Crippen LogP contribution is -2.22. The third-order valence-electron chi connectivity index (χ3n) is 2.35. The van der Waals surface area contributed by atoms with Crippen LogP contribution in [0.4, 0.5) is 8.78 Å². The second-order valence-corrected chi connectivity index (χ2v) is 3.66. The molecular formula is C11H15F2NO. The molecular weight excluding hydrogens is 200 g/mol. The lowest BCUT2D eigenvalue weighted by Gasteiger charge is -2.24. The molecule has 0 radical (unpaired) electrons. The van der Waals surface area contributed by atoms with Gasteiger partial charge in [0.2, 0.25) is 0 Å². The van der Waals surface area contributed by atoms with Gasteiger partial charge in [-0.25, -0.2) is 8.78 Å². The van der Waals surface area contributed by atoms with E-state index in [1.165, 1.54) is 12.1 Å². The molecule has 1 aromatic carbocycles. The molecule has 1 atom stereocenters. The Hall–Kier alpha value is -1.00. The summed E-state index contributed by atoms with van der Waals surface area (Å²) >= 11 is 0. The number of nitrogens with zero attached hydrogens (tertiary/aromatic N) is 1. The Morgan fingerprint density at radius 3 is 2.47 bits per heavy atom. The molecule has 0 amide bonds. The fourth-order valence-electron chi connectivity index (χ4n) is 1.59. The fraction of sp³-hybridized carbons (Fsp3) is 0.455. The van der Waals surface area contributed by atoms with Crippen molar-refractivity contribution < 1.29 is 13.9 Å². The van der Waals surface area contributed by atoms with Crippen LogP contribution in [0.1, 0.15) is 18.0 Å². The van der Waals surface area contributed by atoms with Crippen LogP contribution >= 0.6 is 0 Å². The molecule has 0 bridgehead atoms. The van der Waals surface area contributed by atoms with E-state index in [4.69, 9.17) is 5.11 Å². The van der Waals surface area contributed by atoms with Gasteiger partial charge in [0.05, 0.1) is 0 Å². The molecule has 1 N–H and O–H groups in total. The van der Waals surface area contributed by atoms with Gasteiger partial charge in [-0.05, 0) is 26.6 Å². The minimum Gasteiger partial charge on any atom is -0.396 e. The van der Waals surface area contributed by atoms with E-state index in [0.29, 0.717) is 12.0 Å². The molecule has 1 aromatic rings. The van der Waals surface area contributed by atoms with E-state index in [1.54, 1.807) is 19.0 Å². The molecule has 1 rings (SSSR count). The van der Waals surface area contributed by atoms with Crippen molar-refractivity contribution in [3.8, 4) is 0 Å². The van der Waals surface area contributed by atoms with Crippen LogP contribution < -0.4 is 0 Å². The summed E-state index contributed by atoms with van der Waals surface area (Å²) in [4.78, 5) is 1.80. The van der Waals surface area contributed by atoms with Gasteiger partial charge in [-0.1, -0.05) is 6.07 Å². The van der Waals surface area contributed by atoms with E-state index in [1.807, 2.05) is 0 Å². The predicted molar refractivity (Wildman–Crippen MR) is 54.5 cm³/mol. The minimum absolute atomic E-state index is 0.0281. The highest BCUT2D eigenvalue weighted by Gasteiger charge is 2.17. The molecule has 0 aliphatic heterocycles. The van der Waals surface area contributed by atoms with E-state index in [9.17, 15) is 8.78 Å². The van der Waals surface area contributed by atoms with Crippen molar-refractivity contribution >= 4 is 0 Å². The summed E-state index contributed by atoms with van der Waals surface area (Å²) in [6.45, 7) is -0.0281. The van der Waals surface area contributed by atoms with Crippen LogP contribution in [-0.2, 0) is 0 Å². The first kappa shape index (κ1) is 12.1. The van der Waals surface area contributed by atoms with Crippen LogP contribution in [-0.4, -0.2) is 30.7 Å². The third-order valence-corrected chi connectivity index (χ3v) is 2.35. The number of halogens is 2. The Morgan fingerprint density at radius 2 is 2.00 bits per heavy atom. The average Bonchev–Trinajstić information content (AvgIpc) is 2.15. The zero-order valence-electron chi connectivity index (χ0n) is 8.87. The van der Waals surface area contributed by atoms with E-state index in [-0.39, 0.29) is 12.6 Å². The van der Waals surface area contributed by atoms with Crippen LogP contribution in [0.5, 0.6) is 0 Å². The summed E-state index contributed by atoms with van der Waals surface area (Å²) in [5.41, 5.74) is 0.412. The maximum absolute atomic E-state index is 13.4. The Bertz CT molecular complexity index is 328. The van der Waals surface area contributed by atoms with E-state index in [2.05, 4.69) is 0 Å². The van der Waals surface area contributed by atoms with E-state index >= 15 is 0 Å². The molecule has 2 nitrogen and oxygen atoms in total. The number of aliphatic hydroxyl groups is 1. The number of rotatable bonds is 4. The Balaban J connectivity index is 3.00. The van der Waals surface area contributed by atoms with Gasteiger partial charge < -0.3 is 10.0 Å². The van der Waals surface area contributed by atoms with Crippen molar-refractivity contribution in [2.75, 3.05) is 20.7 Å². The highest BCUT2D eigenvalue weighted by molar-refractivity contribution is 5.22. The fourth-order valence-corrected chi connectivity index (χ4v) is 1.59. The van der Waals surface area contributed by atoms with Crippen molar-refractivity contribution in [3.05, 3.63) is 35.4 Å². The molecule has 0 aliphatic rings. The summed E-state index contributed by atoms with van der Waals surface area (Å²) in [5.74, 6) is -1.15. The van der Waals surface area contributed by atoms with Crippen LogP contribution in [0.15, 0.2) is 18.2 Å². The molecule has 0 aliphatic carbocycles. The van der Waals surface area contributed by atoms with E-state index < -0.39 is 11.6 Å². The summed E-state index contributed by atoms with van der Waals surface area (Å²) in [5, 5.41) is 8.87.